The third-order valence-electron chi connectivity index (χ3n) is 3.45. The van der Waals surface area contributed by atoms with E-state index in [0.29, 0.717) is 24.3 Å². The van der Waals surface area contributed by atoms with Crippen molar-refractivity contribution in [3.8, 4) is 0 Å². The number of nitrogens with two attached hydrogens (primary N) is 1. The van der Waals surface area contributed by atoms with Gasteiger partial charge in [0.2, 0.25) is 0 Å². The lowest BCUT2D eigenvalue weighted by atomic mass is 10.1. The molecule has 1 aromatic heterocycles. The predicted octanol–water partition coefficient (Wildman–Crippen LogP) is 0.109. The number of nitrogen functional groups attached to an aromatic ring is 1. The van der Waals surface area contributed by atoms with Gasteiger partial charge >= 0.3 is 0 Å². The molecule has 0 bridgehead atoms. The molecule has 1 fully saturated rings. The summed E-state index contributed by atoms with van der Waals surface area (Å²) in [5.74, 6) is 0.253. The van der Waals surface area contributed by atoms with Crippen molar-refractivity contribution in [1.82, 2.24) is 14.8 Å². The van der Waals surface area contributed by atoms with Crippen molar-refractivity contribution < 1.29 is 9.90 Å². The van der Waals surface area contributed by atoms with Crippen LogP contribution in [0.4, 0.5) is 5.82 Å². The number of aliphatic hydroxyl groups excluding tert-OH is 1. The molecule has 1 aliphatic rings. The number of aryl methyl sites for hydroxylation is 1. The summed E-state index contributed by atoms with van der Waals surface area (Å²) in [7, 11) is 3.92. The molecule has 0 aliphatic carbocycles. The van der Waals surface area contributed by atoms with Crippen LogP contribution in [0, 0.1) is 6.92 Å². The van der Waals surface area contributed by atoms with E-state index in [9.17, 15) is 9.90 Å². The zero-order valence-electron chi connectivity index (χ0n) is 12.2. The quantitative estimate of drug-likeness (QED) is 0.820. The van der Waals surface area contributed by atoms with E-state index in [2.05, 4.69) is 4.98 Å². The summed E-state index contributed by atoms with van der Waals surface area (Å²) in [6.45, 7) is 2.92. The molecule has 0 radical (unpaired) electrons. The van der Waals surface area contributed by atoms with Crippen LogP contribution in [0.2, 0.25) is 0 Å². The number of carbonyl (C=O) groups excluding carboxylic acids is 1. The second-order valence-electron chi connectivity index (χ2n) is 5.69. The molecule has 6 heteroatoms. The Morgan fingerprint density at radius 2 is 2.25 bits per heavy atom. The minimum atomic E-state index is -0.454. The third kappa shape index (κ3) is 3.26. The van der Waals surface area contributed by atoms with E-state index in [1.807, 2.05) is 25.9 Å². The van der Waals surface area contributed by atoms with Crippen LogP contribution in [-0.4, -0.2) is 65.1 Å². The van der Waals surface area contributed by atoms with Gasteiger partial charge in [0.05, 0.1) is 6.10 Å². The van der Waals surface area contributed by atoms with Crippen LogP contribution in [0.5, 0.6) is 0 Å². The second-order valence-corrected chi connectivity index (χ2v) is 5.69. The summed E-state index contributed by atoms with van der Waals surface area (Å²) in [6.07, 6.45) is 0.160. The molecule has 2 unspecified atom stereocenters. The average Bonchev–Trinajstić information content (AvgIpc) is 2.67. The van der Waals surface area contributed by atoms with E-state index in [0.717, 1.165) is 12.2 Å². The number of rotatable bonds is 3. The van der Waals surface area contributed by atoms with Gasteiger partial charge in [0.15, 0.2) is 0 Å². The van der Waals surface area contributed by atoms with Gasteiger partial charge in [0.1, 0.15) is 5.82 Å². The highest BCUT2D eigenvalue weighted by molar-refractivity contribution is 5.95. The molecule has 2 rings (SSSR count). The Morgan fingerprint density at radius 3 is 2.85 bits per heavy atom. The smallest absolute Gasteiger partial charge is 0.254 e. The fourth-order valence-corrected chi connectivity index (χ4v) is 2.72. The first kappa shape index (κ1) is 14.7. The van der Waals surface area contributed by atoms with Crippen molar-refractivity contribution in [3.05, 3.63) is 23.4 Å². The van der Waals surface area contributed by atoms with Gasteiger partial charge in [-0.25, -0.2) is 4.98 Å². The highest BCUT2D eigenvalue weighted by atomic mass is 16.3. The minimum absolute atomic E-state index is 0.0298. The summed E-state index contributed by atoms with van der Waals surface area (Å²) < 4.78 is 0. The fourth-order valence-electron chi connectivity index (χ4n) is 2.72. The van der Waals surface area contributed by atoms with Crippen LogP contribution in [-0.2, 0) is 0 Å². The van der Waals surface area contributed by atoms with Crippen LogP contribution in [0.25, 0.3) is 0 Å². The largest absolute Gasteiger partial charge is 0.391 e. The van der Waals surface area contributed by atoms with Crippen molar-refractivity contribution in [2.45, 2.75) is 25.5 Å². The summed E-state index contributed by atoms with van der Waals surface area (Å²) in [4.78, 5) is 20.4. The molecule has 1 saturated heterocycles. The van der Waals surface area contributed by atoms with E-state index in [1.165, 1.54) is 0 Å². The van der Waals surface area contributed by atoms with Gasteiger partial charge in [0.25, 0.3) is 5.91 Å². The zero-order valence-corrected chi connectivity index (χ0v) is 12.2. The number of carbonyl (C=O) groups is 1. The van der Waals surface area contributed by atoms with Crippen molar-refractivity contribution >= 4 is 11.7 Å². The lowest BCUT2D eigenvalue weighted by molar-refractivity contribution is 0.0699. The maximum atomic E-state index is 12.6. The molecule has 1 amide bonds. The van der Waals surface area contributed by atoms with Crippen molar-refractivity contribution in [2.75, 3.05) is 32.9 Å². The Morgan fingerprint density at radius 1 is 1.55 bits per heavy atom. The molecule has 0 saturated carbocycles. The SMILES string of the molecule is Cc1cc(C(=O)N2CC(O)CC2CN(C)C)cc(N)n1. The molecule has 3 N–H and O–H groups in total. The molecule has 6 nitrogen and oxygen atoms in total. The number of pyridine rings is 1. The molecule has 0 aromatic carbocycles. The Hall–Kier alpha value is -1.66. The van der Waals surface area contributed by atoms with Crippen LogP contribution < -0.4 is 5.73 Å². The first-order chi connectivity index (χ1) is 9.36. The average molecular weight is 278 g/mol. The lowest BCUT2D eigenvalue weighted by Crippen LogP contribution is -2.41. The standard InChI is InChI=1S/C14H22N4O2/c1-9-4-10(5-13(15)16-9)14(20)18-8-12(19)6-11(18)7-17(2)3/h4-5,11-12,19H,6-8H2,1-3H3,(H2,15,16). The number of aliphatic hydroxyl groups is 1. The minimum Gasteiger partial charge on any atom is -0.391 e. The highest BCUT2D eigenvalue weighted by Gasteiger charge is 2.35. The number of likely N-dealkylation sites (tertiary alicyclic amines) is 1. The van der Waals surface area contributed by atoms with Gasteiger partial charge < -0.3 is 20.6 Å². The number of amides is 1. The maximum absolute atomic E-state index is 12.6. The van der Waals surface area contributed by atoms with Gasteiger partial charge in [-0.2, -0.15) is 0 Å². The lowest BCUT2D eigenvalue weighted by Gasteiger charge is -2.27. The van der Waals surface area contributed by atoms with E-state index in [1.54, 1.807) is 17.0 Å². The molecule has 110 valence electrons. The number of hydrogen-bond acceptors (Lipinski definition) is 5. The van der Waals surface area contributed by atoms with Crippen molar-refractivity contribution in [3.63, 3.8) is 0 Å². The fraction of sp³-hybridized carbons (Fsp3) is 0.571. The van der Waals surface area contributed by atoms with E-state index < -0.39 is 6.10 Å². The number of aromatic nitrogens is 1. The normalized spacial score (nSPS) is 22.6. The Kier molecular flexibility index (Phi) is 4.25. The first-order valence-electron chi connectivity index (χ1n) is 6.74. The van der Waals surface area contributed by atoms with E-state index >= 15 is 0 Å². The number of nitrogens with zero attached hydrogens (tertiary/aromatic N) is 3. The topological polar surface area (TPSA) is 82.7 Å². The van der Waals surface area contributed by atoms with Crippen LogP contribution in [0.3, 0.4) is 0 Å². The van der Waals surface area contributed by atoms with E-state index in [4.69, 9.17) is 5.73 Å². The summed E-state index contributed by atoms with van der Waals surface area (Å²) in [5.41, 5.74) is 6.95. The Labute approximate surface area is 119 Å². The second kappa shape index (κ2) is 5.76. The Balaban J connectivity index is 2.22. The number of anilines is 1. The molecule has 0 spiro atoms. The summed E-state index contributed by atoms with van der Waals surface area (Å²) in [5, 5.41) is 9.84. The molecular weight excluding hydrogens is 256 g/mol. The highest BCUT2D eigenvalue weighted by Crippen LogP contribution is 2.22. The summed E-state index contributed by atoms with van der Waals surface area (Å²) in [6, 6.07) is 3.35. The van der Waals surface area contributed by atoms with Crippen LogP contribution in [0.1, 0.15) is 22.5 Å². The molecule has 2 heterocycles. The van der Waals surface area contributed by atoms with Crippen molar-refractivity contribution in [1.29, 1.82) is 0 Å². The number of hydrogen-bond donors (Lipinski definition) is 2. The van der Waals surface area contributed by atoms with Gasteiger partial charge in [0, 0.05) is 30.4 Å². The summed E-state index contributed by atoms with van der Waals surface area (Å²) >= 11 is 0. The van der Waals surface area contributed by atoms with Gasteiger partial charge in [-0.15, -0.1) is 0 Å². The van der Waals surface area contributed by atoms with Crippen molar-refractivity contribution in [2.24, 2.45) is 0 Å². The molecule has 2 atom stereocenters. The monoisotopic (exact) mass is 278 g/mol. The van der Waals surface area contributed by atoms with Gasteiger partial charge in [-0.05, 0) is 39.6 Å². The molecule has 1 aromatic rings. The van der Waals surface area contributed by atoms with Crippen LogP contribution in [0.15, 0.2) is 12.1 Å². The van der Waals surface area contributed by atoms with Gasteiger partial charge in [-0.3, -0.25) is 4.79 Å². The molecule has 20 heavy (non-hydrogen) atoms. The Bertz CT molecular complexity index is 484. The number of β-amino-alcohol motifs (C(OH)–C–C–N with tert-alkyl or cyclic N) is 1. The third-order valence-corrected chi connectivity index (χ3v) is 3.45. The zero-order chi connectivity index (χ0) is 14.9. The van der Waals surface area contributed by atoms with Gasteiger partial charge in [-0.1, -0.05) is 0 Å². The van der Waals surface area contributed by atoms with E-state index in [-0.39, 0.29) is 11.9 Å². The molecular formula is C14H22N4O2. The first-order valence-corrected chi connectivity index (χ1v) is 6.74. The molecule has 1 aliphatic heterocycles. The predicted molar refractivity (Wildman–Crippen MR) is 77.4 cm³/mol. The van der Waals surface area contributed by atoms with Crippen LogP contribution >= 0.6 is 0 Å². The number of likely N-dealkylation sites (N-methyl/N-ethyl adjacent to an activating group) is 1. The maximum Gasteiger partial charge on any atom is 0.254 e.